The number of aromatic nitrogens is 1. The Morgan fingerprint density at radius 1 is 1.37 bits per heavy atom. The number of rotatable bonds is 1. The van der Waals surface area contributed by atoms with Crippen LogP contribution in [0.15, 0.2) is 34.0 Å². The molecule has 4 nitrogen and oxygen atoms in total. The van der Waals surface area contributed by atoms with Crippen molar-refractivity contribution >= 4 is 39.2 Å². The van der Waals surface area contributed by atoms with Crippen LogP contribution in [-0.4, -0.2) is 33.0 Å². The maximum atomic E-state index is 12.3. The van der Waals surface area contributed by atoms with Crippen LogP contribution >= 0.6 is 24.0 Å². The Kier molecular flexibility index (Phi) is 3.82. The highest BCUT2D eigenvalue weighted by Gasteiger charge is 2.17. The lowest BCUT2D eigenvalue weighted by Crippen LogP contribution is -2.22. The molecule has 2 aromatic rings. The third kappa shape index (κ3) is 2.46. The van der Waals surface area contributed by atoms with Gasteiger partial charge in [-0.15, -0.1) is 0 Å². The first-order chi connectivity index (χ1) is 8.93. The smallest absolute Gasteiger partial charge is 0.268 e. The van der Waals surface area contributed by atoms with E-state index in [9.17, 15) is 9.90 Å². The molecule has 0 bridgehead atoms. The van der Waals surface area contributed by atoms with Crippen molar-refractivity contribution in [1.82, 2.24) is 9.47 Å². The van der Waals surface area contributed by atoms with Crippen molar-refractivity contribution in [2.75, 3.05) is 14.1 Å². The van der Waals surface area contributed by atoms with Crippen LogP contribution in [0.2, 0.25) is 0 Å². The minimum absolute atomic E-state index is 0.00657. The van der Waals surface area contributed by atoms with Crippen molar-refractivity contribution in [2.24, 2.45) is 7.05 Å². The average molecular weight is 294 g/mol. The lowest BCUT2D eigenvalue weighted by molar-refractivity contribution is 0.465. The van der Waals surface area contributed by atoms with Gasteiger partial charge in [0.25, 0.3) is 5.56 Å². The second-order valence-electron chi connectivity index (χ2n) is 4.32. The average Bonchev–Trinajstić information content (AvgIpc) is 2.40. The lowest BCUT2D eigenvalue weighted by Gasteiger charge is -2.15. The number of benzene rings is 1. The molecule has 0 aliphatic carbocycles. The molecule has 0 atom stereocenters. The first kappa shape index (κ1) is 13.9. The highest BCUT2D eigenvalue weighted by atomic mass is 32.2. The lowest BCUT2D eigenvalue weighted by atomic mass is 10.2. The zero-order valence-corrected chi connectivity index (χ0v) is 12.5. The van der Waals surface area contributed by atoms with Crippen molar-refractivity contribution in [1.29, 1.82) is 0 Å². The van der Waals surface area contributed by atoms with Gasteiger partial charge in [-0.2, -0.15) is 0 Å². The van der Waals surface area contributed by atoms with Crippen molar-refractivity contribution < 1.29 is 5.11 Å². The van der Waals surface area contributed by atoms with Crippen molar-refractivity contribution in [2.45, 2.75) is 4.90 Å². The van der Waals surface area contributed by atoms with Crippen LogP contribution in [0.3, 0.4) is 0 Å². The zero-order chi connectivity index (χ0) is 14.2. The summed E-state index contributed by atoms with van der Waals surface area (Å²) < 4.78 is 2.05. The maximum Gasteiger partial charge on any atom is 0.268 e. The Morgan fingerprint density at radius 2 is 2.00 bits per heavy atom. The third-order valence-electron chi connectivity index (χ3n) is 2.79. The summed E-state index contributed by atoms with van der Waals surface area (Å²) in [5, 5.41) is 10.9. The van der Waals surface area contributed by atoms with Crippen LogP contribution in [0, 0.1) is 0 Å². The van der Waals surface area contributed by atoms with E-state index in [1.54, 1.807) is 38.2 Å². The Balaban J connectivity index is 2.69. The van der Waals surface area contributed by atoms with Gasteiger partial charge in [0.1, 0.15) is 15.0 Å². The van der Waals surface area contributed by atoms with E-state index in [-0.39, 0.29) is 16.2 Å². The first-order valence-electron chi connectivity index (χ1n) is 5.63. The number of hydrogen-bond donors (Lipinski definition) is 1. The summed E-state index contributed by atoms with van der Waals surface area (Å²) in [6.45, 7) is 0. The molecule has 1 heterocycles. The highest BCUT2D eigenvalue weighted by molar-refractivity contribution is 8.23. The van der Waals surface area contributed by atoms with Gasteiger partial charge in [0.05, 0.1) is 5.52 Å². The van der Waals surface area contributed by atoms with Gasteiger partial charge < -0.3 is 14.6 Å². The molecule has 0 aliphatic heterocycles. The predicted octanol–water partition coefficient (Wildman–Crippen LogP) is 2.18. The molecule has 1 N–H and O–H groups in total. The molecule has 0 aliphatic rings. The van der Waals surface area contributed by atoms with Crippen molar-refractivity contribution in [3.05, 3.63) is 34.6 Å². The van der Waals surface area contributed by atoms with Crippen LogP contribution in [0.1, 0.15) is 0 Å². The van der Waals surface area contributed by atoms with E-state index in [1.807, 2.05) is 12.1 Å². The molecule has 0 unspecified atom stereocenters. The standard InChI is InChI=1S/C13H14N2O2S2/c1-14(2)13(18)19-11-10(16)8-6-4-5-7-9(8)15(3)12(11)17/h4-7,16H,1-3H3. The van der Waals surface area contributed by atoms with E-state index in [0.29, 0.717) is 15.2 Å². The molecule has 1 aromatic carbocycles. The molecule has 0 saturated carbocycles. The molecule has 0 fully saturated rings. The summed E-state index contributed by atoms with van der Waals surface area (Å²) in [6.07, 6.45) is 0. The van der Waals surface area contributed by atoms with E-state index in [1.165, 1.54) is 4.57 Å². The molecule has 0 spiro atoms. The van der Waals surface area contributed by atoms with E-state index in [2.05, 4.69) is 0 Å². The number of thioether (sulfide) groups is 1. The van der Waals surface area contributed by atoms with Crippen molar-refractivity contribution in [3.63, 3.8) is 0 Å². The van der Waals surface area contributed by atoms with Gasteiger partial charge in [-0.1, -0.05) is 36.1 Å². The Labute approximate surface area is 120 Å². The fraction of sp³-hybridized carbons (Fsp3) is 0.231. The van der Waals surface area contributed by atoms with E-state index < -0.39 is 0 Å². The maximum absolute atomic E-state index is 12.3. The van der Waals surface area contributed by atoms with Crippen LogP contribution in [0.4, 0.5) is 0 Å². The fourth-order valence-electron chi connectivity index (χ4n) is 1.72. The summed E-state index contributed by atoms with van der Waals surface area (Å²) in [7, 11) is 5.29. The van der Waals surface area contributed by atoms with E-state index in [4.69, 9.17) is 12.2 Å². The predicted molar refractivity (Wildman–Crippen MR) is 83.0 cm³/mol. The molecular weight excluding hydrogens is 280 g/mol. The summed E-state index contributed by atoms with van der Waals surface area (Å²) in [5.41, 5.74) is 0.454. The molecule has 0 radical (unpaired) electrons. The molecule has 0 saturated heterocycles. The number of nitrogens with zero attached hydrogens (tertiary/aromatic N) is 2. The number of aryl methyl sites for hydroxylation is 1. The van der Waals surface area contributed by atoms with Gasteiger partial charge in [0.15, 0.2) is 0 Å². The van der Waals surface area contributed by atoms with Gasteiger partial charge >= 0.3 is 0 Å². The number of para-hydroxylation sites is 1. The summed E-state index contributed by atoms with van der Waals surface area (Å²) in [5.74, 6) is -0.00657. The molecule has 1 aromatic heterocycles. The molecule has 19 heavy (non-hydrogen) atoms. The third-order valence-corrected chi connectivity index (χ3v) is 4.52. The first-order valence-corrected chi connectivity index (χ1v) is 6.85. The molecule has 6 heteroatoms. The van der Waals surface area contributed by atoms with Crippen LogP contribution in [-0.2, 0) is 7.05 Å². The second-order valence-corrected chi connectivity index (χ2v) is 5.97. The Hall–Kier alpha value is -1.53. The Morgan fingerprint density at radius 3 is 2.63 bits per heavy atom. The SMILES string of the molecule is CN(C)C(=S)Sc1c(O)c2ccccc2n(C)c1=O. The van der Waals surface area contributed by atoms with Crippen LogP contribution in [0.25, 0.3) is 10.9 Å². The minimum Gasteiger partial charge on any atom is -0.506 e. The summed E-state index contributed by atoms with van der Waals surface area (Å²) >= 11 is 6.28. The monoisotopic (exact) mass is 294 g/mol. The number of fused-ring (bicyclic) bond motifs is 1. The van der Waals surface area contributed by atoms with Crippen molar-refractivity contribution in [3.8, 4) is 5.75 Å². The number of pyridine rings is 1. The number of hydrogen-bond acceptors (Lipinski definition) is 4. The minimum atomic E-state index is -0.245. The van der Waals surface area contributed by atoms with Gasteiger partial charge in [-0.25, -0.2) is 0 Å². The zero-order valence-electron chi connectivity index (χ0n) is 10.9. The van der Waals surface area contributed by atoms with Crippen LogP contribution in [0.5, 0.6) is 5.75 Å². The van der Waals surface area contributed by atoms with Gasteiger partial charge in [-0.3, -0.25) is 4.79 Å². The largest absolute Gasteiger partial charge is 0.506 e. The second kappa shape index (κ2) is 5.22. The molecule has 2 rings (SSSR count). The quantitative estimate of drug-likeness (QED) is 0.645. The number of aromatic hydroxyl groups is 1. The highest BCUT2D eigenvalue weighted by Crippen LogP contribution is 2.32. The van der Waals surface area contributed by atoms with Gasteiger partial charge in [0.2, 0.25) is 0 Å². The number of thiocarbonyl (C=S) groups is 1. The van der Waals surface area contributed by atoms with E-state index in [0.717, 1.165) is 11.8 Å². The molecule has 100 valence electrons. The summed E-state index contributed by atoms with van der Waals surface area (Å²) in [4.78, 5) is 14.3. The molecular formula is C13H14N2O2S2. The topological polar surface area (TPSA) is 45.5 Å². The Bertz CT molecular complexity index is 708. The van der Waals surface area contributed by atoms with Gasteiger partial charge in [-0.05, 0) is 12.1 Å². The summed E-state index contributed by atoms with van der Waals surface area (Å²) in [6, 6.07) is 7.24. The van der Waals surface area contributed by atoms with Gasteiger partial charge in [0, 0.05) is 26.5 Å². The fourth-order valence-corrected chi connectivity index (χ4v) is 2.76. The molecule has 0 amide bonds. The normalized spacial score (nSPS) is 10.7. The van der Waals surface area contributed by atoms with E-state index >= 15 is 0 Å². The van der Waals surface area contributed by atoms with Crippen LogP contribution < -0.4 is 5.56 Å².